The molecule has 2 aromatic carbocycles. The van der Waals surface area contributed by atoms with Gasteiger partial charge in [0.05, 0.1) is 10.6 Å². The second kappa shape index (κ2) is 8.26. The largest absolute Gasteiger partial charge is 0.573 e. The number of benzene rings is 2. The van der Waals surface area contributed by atoms with Crippen molar-refractivity contribution in [1.82, 2.24) is 0 Å². The second-order valence-corrected chi connectivity index (χ2v) is 5.52. The van der Waals surface area contributed by atoms with Gasteiger partial charge in [-0.05, 0) is 30.3 Å². The number of esters is 1. The number of anilines is 1. The molecule has 5 nitrogen and oxygen atoms in total. The molecule has 1 N–H and O–H groups in total. The standard InChI is InChI=1S/C17H12ClF4NO4/c1-2-15(24)26-14-8-13(19)12(18)7-11(14)16(25)23-9-3-5-10(6-4-9)27-17(20,21)22/h3-8H,2H2,1H3,(H,23,25). The quantitative estimate of drug-likeness (QED) is 0.434. The van der Waals surface area contributed by atoms with Crippen LogP contribution in [0.2, 0.25) is 5.02 Å². The Kier molecular flexibility index (Phi) is 6.27. The summed E-state index contributed by atoms with van der Waals surface area (Å²) in [5, 5.41) is 2.01. The van der Waals surface area contributed by atoms with Gasteiger partial charge in [0, 0.05) is 18.2 Å². The van der Waals surface area contributed by atoms with E-state index in [1.807, 2.05) is 0 Å². The Balaban J connectivity index is 2.22. The zero-order valence-electron chi connectivity index (χ0n) is 13.7. The van der Waals surface area contributed by atoms with Crippen LogP contribution in [0.1, 0.15) is 23.7 Å². The number of alkyl halides is 3. The molecule has 0 heterocycles. The summed E-state index contributed by atoms with van der Waals surface area (Å²) in [5.41, 5.74) is -0.0958. The predicted octanol–water partition coefficient (Wildman–Crippen LogP) is 4.95. The first kappa shape index (κ1) is 20.5. The topological polar surface area (TPSA) is 64.6 Å². The zero-order chi connectivity index (χ0) is 20.2. The van der Waals surface area contributed by atoms with Crippen molar-refractivity contribution in [2.75, 3.05) is 5.32 Å². The van der Waals surface area contributed by atoms with Crippen LogP contribution in [0.5, 0.6) is 11.5 Å². The number of nitrogens with one attached hydrogen (secondary N) is 1. The van der Waals surface area contributed by atoms with Crippen molar-refractivity contribution in [3.05, 3.63) is 52.8 Å². The average molecular weight is 406 g/mol. The van der Waals surface area contributed by atoms with Gasteiger partial charge in [-0.25, -0.2) is 4.39 Å². The smallest absolute Gasteiger partial charge is 0.426 e. The molecule has 0 saturated carbocycles. The number of carbonyl (C=O) groups excluding carboxylic acids is 2. The van der Waals surface area contributed by atoms with Gasteiger partial charge in [0.2, 0.25) is 0 Å². The fourth-order valence-electron chi connectivity index (χ4n) is 1.92. The number of rotatable bonds is 5. The summed E-state index contributed by atoms with van der Waals surface area (Å²) in [6.45, 7) is 1.51. The molecule has 0 spiro atoms. The van der Waals surface area contributed by atoms with Gasteiger partial charge < -0.3 is 14.8 Å². The Bertz CT molecular complexity index is 853. The molecule has 2 rings (SSSR count). The van der Waals surface area contributed by atoms with E-state index in [4.69, 9.17) is 16.3 Å². The van der Waals surface area contributed by atoms with Gasteiger partial charge in [-0.2, -0.15) is 0 Å². The predicted molar refractivity (Wildman–Crippen MR) is 88.4 cm³/mol. The van der Waals surface area contributed by atoms with Crippen molar-refractivity contribution >= 4 is 29.2 Å². The molecule has 0 unspecified atom stereocenters. The molecule has 0 aliphatic heterocycles. The van der Waals surface area contributed by atoms with Crippen molar-refractivity contribution in [1.29, 1.82) is 0 Å². The highest BCUT2D eigenvalue weighted by Crippen LogP contribution is 2.28. The van der Waals surface area contributed by atoms with Gasteiger partial charge in [-0.1, -0.05) is 18.5 Å². The van der Waals surface area contributed by atoms with Gasteiger partial charge >= 0.3 is 12.3 Å². The molecule has 0 aliphatic carbocycles. The van der Waals surface area contributed by atoms with Crippen molar-refractivity contribution in [2.45, 2.75) is 19.7 Å². The minimum absolute atomic E-state index is 0.00796. The molecule has 0 aliphatic rings. The van der Waals surface area contributed by atoms with Gasteiger partial charge in [-0.15, -0.1) is 13.2 Å². The van der Waals surface area contributed by atoms with Crippen LogP contribution in [-0.2, 0) is 4.79 Å². The van der Waals surface area contributed by atoms with Crippen LogP contribution in [0.15, 0.2) is 36.4 Å². The molecule has 0 atom stereocenters. The maximum atomic E-state index is 13.6. The van der Waals surface area contributed by atoms with E-state index in [0.717, 1.165) is 24.3 Å². The van der Waals surface area contributed by atoms with E-state index in [-0.39, 0.29) is 28.4 Å². The maximum Gasteiger partial charge on any atom is 0.573 e. The Labute approximate surface area is 155 Å². The van der Waals surface area contributed by atoms with Crippen LogP contribution in [0.4, 0.5) is 23.2 Å². The van der Waals surface area contributed by atoms with E-state index in [9.17, 15) is 27.2 Å². The Hall–Kier alpha value is -2.81. The van der Waals surface area contributed by atoms with Crippen molar-refractivity contribution in [3.63, 3.8) is 0 Å². The van der Waals surface area contributed by atoms with Crippen LogP contribution in [0, 0.1) is 5.82 Å². The fourth-order valence-corrected chi connectivity index (χ4v) is 2.09. The molecule has 0 fully saturated rings. The Morgan fingerprint density at radius 1 is 1.15 bits per heavy atom. The highest BCUT2D eigenvalue weighted by molar-refractivity contribution is 6.31. The lowest BCUT2D eigenvalue weighted by molar-refractivity contribution is -0.274. The summed E-state index contributed by atoms with van der Waals surface area (Å²) in [5.74, 6) is -3.19. The maximum absolute atomic E-state index is 13.6. The molecular formula is C17H12ClF4NO4. The van der Waals surface area contributed by atoms with Crippen LogP contribution < -0.4 is 14.8 Å². The minimum atomic E-state index is -4.84. The Morgan fingerprint density at radius 2 is 1.78 bits per heavy atom. The molecule has 0 saturated heterocycles. The summed E-state index contributed by atoms with van der Waals surface area (Å²) >= 11 is 5.67. The lowest BCUT2D eigenvalue weighted by atomic mass is 10.1. The molecule has 0 radical (unpaired) electrons. The first-order chi connectivity index (χ1) is 12.6. The van der Waals surface area contributed by atoms with E-state index in [2.05, 4.69) is 10.1 Å². The number of carbonyl (C=O) groups is 2. The third kappa shape index (κ3) is 5.85. The molecule has 0 aromatic heterocycles. The molecular weight excluding hydrogens is 394 g/mol. The third-order valence-electron chi connectivity index (χ3n) is 3.13. The summed E-state index contributed by atoms with van der Waals surface area (Å²) in [4.78, 5) is 23.8. The lowest BCUT2D eigenvalue weighted by Crippen LogP contribution is -2.17. The Morgan fingerprint density at radius 3 is 2.33 bits per heavy atom. The number of amides is 1. The zero-order valence-corrected chi connectivity index (χ0v) is 14.4. The minimum Gasteiger partial charge on any atom is -0.426 e. The monoisotopic (exact) mass is 405 g/mol. The first-order valence-corrected chi connectivity index (χ1v) is 7.83. The normalized spacial score (nSPS) is 11.0. The second-order valence-electron chi connectivity index (χ2n) is 5.12. The highest BCUT2D eigenvalue weighted by Gasteiger charge is 2.31. The molecule has 27 heavy (non-hydrogen) atoms. The van der Waals surface area contributed by atoms with Crippen LogP contribution in [0.25, 0.3) is 0 Å². The van der Waals surface area contributed by atoms with E-state index < -0.39 is 29.8 Å². The van der Waals surface area contributed by atoms with Gasteiger partial charge in [-0.3, -0.25) is 9.59 Å². The van der Waals surface area contributed by atoms with Gasteiger partial charge in [0.15, 0.2) is 0 Å². The lowest BCUT2D eigenvalue weighted by Gasteiger charge is -2.12. The molecule has 10 heteroatoms. The summed E-state index contributed by atoms with van der Waals surface area (Å²) in [6, 6.07) is 6.11. The molecule has 144 valence electrons. The molecule has 1 amide bonds. The van der Waals surface area contributed by atoms with Gasteiger partial charge in [0.1, 0.15) is 17.3 Å². The SMILES string of the molecule is CCC(=O)Oc1cc(F)c(Cl)cc1C(=O)Nc1ccc(OC(F)(F)F)cc1. The summed E-state index contributed by atoms with van der Waals surface area (Å²) in [7, 11) is 0. The van der Waals surface area contributed by atoms with E-state index in [1.54, 1.807) is 0 Å². The molecule has 2 aromatic rings. The number of hydrogen-bond donors (Lipinski definition) is 1. The van der Waals surface area contributed by atoms with Crippen LogP contribution in [-0.4, -0.2) is 18.2 Å². The summed E-state index contributed by atoms with van der Waals surface area (Å²) in [6.07, 6.45) is -4.85. The van der Waals surface area contributed by atoms with Crippen LogP contribution in [0.3, 0.4) is 0 Å². The number of halogens is 5. The van der Waals surface area contributed by atoms with Crippen molar-refractivity contribution in [2.24, 2.45) is 0 Å². The van der Waals surface area contributed by atoms with E-state index in [0.29, 0.717) is 0 Å². The number of hydrogen-bond acceptors (Lipinski definition) is 4. The average Bonchev–Trinajstić information content (AvgIpc) is 2.58. The first-order valence-electron chi connectivity index (χ1n) is 7.46. The molecule has 0 bridgehead atoms. The fraction of sp³-hybridized carbons (Fsp3) is 0.176. The number of ether oxygens (including phenoxy) is 2. The summed E-state index contributed by atoms with van der Waals surface area (Å²) < 4.78 is 58.7. The third-order valence-corrected chi connectivity index (χ3v) is 3.41. The van der Waals surface area contributed by atoms with Crippen molar-refractivity contribution in [3.8, 4) is 11.5 Å². The van der Waals surface area contributed by atoms with E-state index >= 15 is 0 Å². The van der Waals surface area contributed by atoms with Crippen LogP contribution >= 0.6 is 11.6 Å². The van der Waals surface area contributed by atoms with E-state index in [1.165, 1.54) is 19.1 Å². The van der Waals surface area contributed by atoms with Crippen molar-refractivity contribution < 1.29 is 36.6 Å². The highest BCUT2D eigenvalue weighted by atomic mass is 35.5. The van der Waals surface area contributed by atoms with Gasteiger partial charge in [0.25, 0.3) is 5.91 Å².